The average Bonchev–Trinajstić information content (AvgIpc) is 3.25. The van der Waals surface area contributed by atoms with E-state index in [1.807, 2.05) is 24.3 Å². The van der Waals surface area contributed by atoms with Crippen LogP contribution in [0.5, 0.6) is 0 Å². The molecular formula is C33H33N3O6. The Hall–Kier alpha value is -4.79. The summed E-state index contributed by atoms with van der Waals surface area (Å²) in [4.78, 5) is 58.8. The number of benzene rings is 3. The van der Waals surface area contributed by atoms with Gasteiger partial charge in [-0.3, -0.25) is 19.5 Å². The molecule has 0 aromatic heterocycles. The number of carbonyl (C=O) groups is 4. The van der Waals surface area contributed by atoms with Crippen LogP contribution in [0.2, 0.25) is 0 Å². The number of aromatic carboxylic acids is 2. The van der Waals surface area contributed by atoms with E-state index in [0.29, 0.717) is 44.5 Å². The quantitative estimate of drug-likeness (QED) is 0.359. The highest BCUT2D eigenvalue weighted by Crippen LogP contribution is 2.36. The second-order valence-corrected chi connectivity index (χ2v) is 10.7. The van der Waals surface area contributed by atoms with Crippen LogP contribution in [0, 0.1) is 0 Å². The first-order valence-corrected chi connectivity index (χ1v) is 14.2. The molecule has 0 aliphatic carbocycles. The zero-order valence-electron chi connectivity index (χ0n) is 23.5. The lowest BCUT2D eigenvalue weighted by atomic mass is 9.87. The second kappa shape index (κ2) is 12.0. The molecule has 3 aromatic rings. The lowest BCUT2D eigenvalue weighted by Gasteiger charge is -2.36. The van der Waals surface area contributed by atoms with Crippen molar-refractivity contribution in [2.75, 3.05) is 13.1 Å². The van der Waals surface area contributed by atoms with Crippen LogP contribution in [-0.2, 0) is 11.3 Å². The minimum absolute atomic E-state index is 0.0387. The number of rotatable bonds is 9. The van der Waals surface area contributed by atoms with Crippen molar-refractivity contribution in [1.82, 2.24) is 9.80 Å². The van der Waals surface area contributed by atoms with E-state index in [9.17, 15) is 29.4 Å². The molecule has 0 bridgehead atoms. The molecule has 0 unspecified atom stereocenters. The summed E-state index contributed by atoms with van der Waals surface area (Å²) < 4.78 is 0. The molecule has 9 nitrogen and oxygen atoms in total. The molecule has 2 amide bonds. The van der Waals surface area contributed by atoms with Gasteiger partial charge in [0.15, 0.2) is 0 Å². The monoisotopic (exact) mass is 567 g/mol. The molecule has 0 atom stereocenters. The second-order valence-electron chi connectivity index (χ2n) is 10.7. The summed E-state index contributed by atoms with van der Waals surface area (Å²) in [7, 11) is 0. The van der Waals surface area contributed by atoms with Crippen molar-refractivity contribution in [3.63, 3.8) is 0 Å². The van der Waals surface area contributed by atoms with Crippen molar-refractivity contribution in [1.29, 1.82) is 0 Å². The minimum Gasteiger partial charge on any atom is -0.478 e. The number of amides is 2. The van der Waals surface area contributed by atoms with E-state index >= 15 is 0 Å². The fourth-order valence-electron chi connectivity index (χ4n) is 5.74. The summed E-state index contributed by atoms with van der Waals surface area (Å²) in [5.41, 5.74) is 1.70. The first-order chi connectivity index (χ1) is 20.2. The van der Waals surface area contributed by atoms with E-state index in [1.165, 1.54) is 12.1 Å². The van der Waals surface area contributed by atoms with E-state index in [1.54, 1.807) is 46.2 Å². The number of carboxylic acids is 2. The number of likely N-dealkylation sites (tertiary alicyclic amines) is 1. The summed E-state index contributed by atoms with van der Waals surface area (Å²) >= 11 is 0. The molecule has 2 N–H and O–H groups in total. The molecule has 5 rings (SSSR count). The normalized spacial score (nSPS) is 16.0. The maximum Gasteiger partial charge on any atom is 0.336 e. The SMILES string of the molecule is CCCCC1=NC2(CCN(C(=O)c3ccccc3C(=O)O)CC2)C(=O)N1Cc1ccc(-c2ccccc2C(=O)O)cc1. The van der Waals surface area contributed by atoms with Crippen molar-refractivity contribution in [3.8, 4) is 11.1 Å². The maximum absolute atomic E-state index is 13.9. The number of nitrogens with zero attached hydrogens (tertiary/aromatic N) is 3. The van der Waals surface area contributed by atoms with Gasteiger partial charge in [-0.1, -0.05) is 67.9 Å². The molecule has 2 heterocycles. The number of amidine groups is 1. The first kappa shape index (κ1) is 28.7. The molecule has 1 saturated heterocycles. The topological polar surface area (TPSA) is 128 Å². The molecule has 9 heteroatoms. The van der Waals surface area contributed by atoms with Gasteiger partial charge in [0.2, 0.25) is 0 Å². The fraction of sp³-hybridized carbons (Fsp3) is 0.303. The Morgan fingerprint density at radius 3 is 2.05 bits per heavy atom. The van der Waals surface area contributed by atoms with Crippen LogP contribution in [0.1, 0.15) is 75.7 Å². The molecule has 42 heavy (non-hydrogen) atoms. The van der Waals surface area contributed by atoms with Crippen LogP contribution in [0.25, 0.3) is 11.1 Å². The summed E-state index contributed by atoms with van der Waals surface area (Å²) in [5.74, 6) is -1.83. The Bertz CT molecular complexity index is 1550. The van der Waals surface area contributed by atoms with E-state index in [0.717, 1.165) is 29.8 Å². The maximum atomic E-state index is 13.9. The number of unbranched alkanes of at least 4 members (excludes halogenated alkanes) is 1. The summed E-state index contributed by atoms with van der Waals surface area (Å²) in [5, 5.41) is 19.1. The Morgan fingerprint density at radius 2 is 1.43 bits per heavy atom. The Kier molecular flexibility index (Phi) is 8.20. The van der Waals surface area contributed by atoms with Crippen LogP contribution in [0.4, 0.5) is 0 Å². The van der Waals surface area contributed by atoms with Gasteiger partial charge >= 0.3 is 11.9 Å². The molecule has 216 valence electrons. The third-order valence-electron chi connectivity index (χ3n) is 8.08. The summed E-state index contributed by atoms with van der Waals surface area (Å²) in [6.45, 7) is 3.03. The Balaban J connectivity index is 1.32. The van der Waals surface area contributed by atoms with Gasteiger partial charge in [-0.15, -0.1) is 0 Å². The number of carboxylic acid groups (broad SMARTS) is 2. The summed E-state index contributed by atoms with van der Waals surface area (Å²) in [6.07, 6.45) is 3.24. The third-order valence-corrected chi connectivity index (χ3v) is 8.08. The molecule has 2 aliphatic rings. The van der Waals surface area contributed by atoms with Gasteiger partial charge in [-0.2, -0.15) is 0 Å². The van der Waals surface area contributed by atoms with Gasteiger partial charge in [0.05, 0.1) is 23.2 Å². The largest absolute Gasteiger partial charge is 0.478 e. The van der Waals surface area contributed by atoms with Crippen LogP contribution < -0.4 is 0 Å². The Morgan fingerprint density at radius 1 is 0.833 bits per heavy atom. The zero-order chi connectivity index (χ0) is 29.9. The Labute approximate surface area is 244 Å². The molecule has 1 fully saturated rings. The van der Waals surface area contributed by atoms with E-state index in [-0.39, 0.29) is 28.5 Å². The lowest BCUT2D eigenvalue weighted by Crippen LogP contribution is -2.51. The van der Waals surface area contributed by atoms with Gasteiger partial charge in [0, 0.05) is 19.5 Å². The number of hydrogen-bond acceptors (Lipinski definition) is 5. The minimum atomic E-state index is -1.15. The summed E-state index contributed by atoms with van der Waals surface area (Å²) in [6, 6.07) is 20.6. The van der Waals surface area contributed by atoms with Crippen LogP contribution in [0.15, 0.2) is 77.8 Å². The van der Waals surface area contributed by atoms with Crippen molar-refractivity contribution < 1.29 is 29.4 Å². The van der Waals surface area contributed by atoms with Gasteiger partial charge < -0.3 is 15.1 Å². The third kappa shape index (κ3) is 5.54. The molecule has 1 spiro atoms. The van der Waals surface area contributed by atoms with Crippen molar-refractivity contribution in [3.05, 3.63) is 95.1 Å². The fourth-order valence-corrected chi connectivity index (χ4v) is 5.74. The smallest absolute Gasteiger partial charge is 0.336 e. The van der Waals surface area contributed by atoms with Crippen molar-refractivity contribution in [2.45, 2.75) is 51.1 Å². The van der Waals surface area contributed by atoms with Gasteiger partial charge in [-0.25, -0.2) is 9.59 Å². The van der Waals surface area contributed by atoms with Crippen LogP contribution in [-0.4, -0.2) is 68.2 Å². The average molecular weight is 568 g/mol. The van der Waals surface area contributed by atoms with Gasteiger partial charge in [0.1, 0.15) is 11.4 Å². The molecule has 0 radical (unpaired) electrons. The highest BCUT2D eigenvalue weighted by Gasteiger charge is 2.50. The predicted octanol–water partition coefficient (Wildman–Crippen LogP) is 5.36. The number of hydrogen-bond donors (Lipinski definition) is 2. The van der Waals surface area contributed by atoms with E-state index in [4.69, 9.17) is 4.99 Å². The van der Waals surface area contributed by atoms with Crippen LogP contribution >= 0.6 is 0 Å². The predicted molar refractivity (Wildman–Crippen MR) is 158 cm³/mol. The molecular weight excluding hydrogens is 534 g/mol. The molecule has 2 aliphatic heterocycles. The highest BCUT2D eigenvalue weighted by atomic mass is 16.4. The van der Waals surface area contributed by atoms with Crippen LogP contribution in [0.3, 0.4) is 0 Å². The van der Waals surface area contributed by atoms with Crippen molar-refractivity contribution >= 4 is 29.6 Å². The highest BCUT2D eigenvalue weighted by molar-refractivity contribution is 6.09. The molecule has 3 aromatic carbocycles. The molecule has 0 saturated carbocycles. The number of aliphatic imine (C=N–C) groups is 1. The van der Waals surface area contributed by atoms with Gasteiger partial charge in [-0.05, 0) is 54.2 Å². The van der Waals surface area contributed by atoms with E-state index < -0.39 is 17.5 Å². The zero-order valence-corrected chi connectivity index (χ0v) is 23.5. The van der Waals surface area contributed by atoms with Crippen molar-refractivity contribution in [2.24, 2.45) is 4.99 Å². The standard InChI is InChI=1S/C33H33N3O6/c1-2-3-12-28-34-33(17-19-35(20-18-33)29(37)25-9-5-7-11-27(25)31(40)41)32(42)36(28)21-22-13-15-23(16-14-22)24-8-4-6-10-26(24)30(38)39/h4-11,13-16H,2-3,12,17-21H2,1H3,(H,38,39)(H,40,41). The number of piperidine rings is 1. The lowest BCUT2D eigenvalue weighted by molar-refractivity contribution is -0.133. The number of carbonyl (C=O) groups excluding carboxylic acids is 2. The first-order valence-electron chi connectivity index (χ1n) is 14.2. The van der Waals surface area contributed by atoms with Gasteiger partial charge in [0.25, 0.3) is 11.8 Å². The van der Waals surface area contributed by atoms with E-state index in [2.05, 4.69) is 6.92 Å².